The summed E-state index contributed by atoms with van der Waals surface area (Å²) in [5, 5.41) is 14.8. The summed E-state index contributed by atoms with van der Waals surface area (Å²) in [6.45, 7) is 3.37. The fourth-order valence-corrected chi connectivity index (χ4v) is 3.01. The fraction of sp³-hybridized carbons (Fsp3) is 0.316. The fourth-order valence-electron chi connectivity index (χ4n) is 3.01. The van der Waals surface area contributed by atoms with Crippen molar-refractivity contribution in [2.24, 2.45) is 0 Å². The Bertz CT molecular complexity index is 742. The van der Waals surface area contributed by atoms with Gasteiger partial charge in [-0.1, -0.05) is 12.1 Å². The first-order valence-corrected chi connectivity index (χ1v) is 8.32. The van der Waals surface area contributed by atoms with Crippen LogP contribution in [0.25, 0.3) is 0 Å². The lowest BCUT2D eigenvalue weighted by molar-refractivity contribution is -0.842. The average molecular weight is 342 g/mol. The zero-order valence-electron chi connectivity index (χ0n) is 14.2. The van der Waals surface area contributed by atoms with Crippen molar-refractivity contribution in [3.05, 3.63) is 53.6 Å². The molecule has 1 aliphatic heterocycles. The first-order chi connectivity index (χ1) is 12.2. The molecule has 0 saturated carbocycles. The number of carboxylic acids is 1. The summed E-state index contributed by atoms with van der Waals surface area (Å²) in [5.74, 6) is -0.361. The maximum atomic E-state index is 11.6. The van der Waals surface area contributed by atoms with Crippen LogP contribution >= 0.6 is 0 Å². The molecule has 0 atom stereocenters. The van der Waals surface area contributed by atoms with Crippen LogP contribution in [0.3, 0.4) is 0 Å². The Balaban J connectivity index is 1.75. The van der Waals surface area contributed by atoms with Gasteiger partial charge in [0.05, 0.1) is 31.9 Å². The number of quaternary nitrogens is 1. The van der Waals surface area contributed by atoms with Gasteiger partial charge in [0.15, 0.2) is 0 Å². The van der Waals surface area contributed by atoms with E-state index < -0.39 is 5.97 Å². The molecule has 0 amide bonds. The Kier molecular flexibility index (Phi) is 5.53. The van der Waals surface area contributed by atoms with Gasteiger partial charge in [-0.3, -0.25) is 4.90 Å². The Morgan fingerprint density at radius 1 is 1.24 bits per heavy atom. The summed E-state index contributed by atoms with van der Waals surface area (Å²) in [4.78, 5) is 12.7. The predicted octanol–water partition coefficient (Wildman–Crippen LogP) is 0.217. The van der Waals surface area contributed by atoms with Gasteiger partial charge in [-0.2, -0.15) is 0 Å². The largest absolute Gasteiger partial charge is 0.545 e. The number of carbonyl (C=O) groups is 1. The molecule has 2 aromatic rings. The van der Waals surface area contributed by atoms with Crippen LogP contribution in [0, 0.1) is 0 Å². The molecule has 0 unspecified atom stereocenters. The molecule has 3 rings (SSSR count). The number of methoxy groups -OCH3 is 1. The van der Waals surface area contributed by atoms with Gasteiger partial charge in [0, 0.05) is 18.3 Å². The molecule has 1 aliphatic rings. The highest BCUT2D eigenvalue weighted by Gasteiger charge is 2.20. The molecule has 0 aliphatic carbocycles. The third-order valence-electron chi connectivity index (χ3n) is 4.35. The van der Waals surface area contributed by atoms with E-state index in [-0.39, 0.29) is 5.56 Å². The first-order valence-electron chi connectivity index (χ1n) is 8.32. The number of morpholine rings is 1. The van der Waals surface area contributed by atoms with Crippen molar-refractivity contribution in [1.29, 1.82) is 0 Å². The van der Waals surface area contributed by atoms with Crippen molar-refractivity contribution < 1.29 is 24.3 Å². The smallest absolute Gasteiger partial charge is 0.140 e. The Hall–Kier alpha value is -2.57. The second-order valence-corrected chi connectivity index (χ2v) is 5.97. The van der Waals surface area contributed by atoms with E-state index in [0.717, 1.165) is 40.7 Å². The van der Waals surface area contributed by atoms with Crippen LogP contribution in [0.1, 0.15) is 15.9 Å². The second kappa shape index (κ2) is 8.00. The summed E-state index contributed by atoms with van der Waals surface area (Å²) in [6.07, 6.45) is 0. The van der Waals surface area contributed by atoms with E-state index in [0.29, 0.717) is 19.8 Å². The van der Waals surface area contributed by atoms with Gasteiger partial charge in [-0.05, 0) is 29.8 Å². The molecule has 25 heavy (non-hydrogen) atoms. The third kappa shape index (κ3) is 4.29. The van der Waals surface area contributed by atoms with Crippen LogP contribution < -0.4 is 20.1 Å². The number of hydrogen-bond donors (Lipinski definition) is 2. The van der Waals surface area contributed by atoms with E-state index >= 15 is 0 Å². The standard InChI is InChI=1S/C19H22N2O4/c1-24-16-4-2-3-14(11-16)13-20-15-5-6-18(17(12-15)19(22)23)21-7-9-25-10-8-21/h2-6,11-12,20H,7-10,13H2,1H3,(H,22,23). The van der Waals surface area contributed by atoms with Crippen molar-refractivity contribution in [3.8, 4) is 5.75 Å². The molecule has 0 spiro atoms. The molecule has 2 aromatic carbocycles. The average Bonchev–Trinajstić information content (AvgIpc) is 2.67. The molecule has 6 nitrogen and oxygen atoms in total. The Morgan fingerprint density at radius 3 is 2.76 bits per heavy atom. The van der Waals surface area contributed by atoms with Gasteiger partial charge in [0.2, 0.25) is 0 Å². The van der Waals surface area contributed by atoms with Gasteiger partial charge >= 0.3 is 0 Å². The van der Waals surface area contributed by atoms with Crippen LogP contribution in [0.5, 0.6) is 5.75 Å². The topological polar surface area (TPSA) is 75.1 Å². The van der Waals surface area contributed by atoms with E-state index in [9.17, 15) is 9.90 Å². The van der Waals surface area contributed by atoms with Gasteiger partial charge in [0.1, 0.15) is 24.5 Å². The van der Waals surface area contributed by atoms with E-state index in [2.05, 4.69) is 5.32 Å². The molecule has 1 saturated heterocycles. The number of carboxylic acid groups (broad SMARTS) is 1. The van der Waals surface area contributed by atoms with Crippen LogP contribution in [0.15, 0.2) is 42.5 Å². The maximum absolute atomic E-state index is 11.6. The number of nitrogens with one attached hydrogen (secondary N) is 2. The molecule has 0 aromatic heterocycles. The van der Waals surface area contributed by atoms with Crippen molar-refractivity contribution in [2.75, 3.05) is 38.7 Å². The van der Waals surface area contributed by atoms with Crippen molar-refractivity contribution in [2.45, 2.75) is 6.54 Å². The minimum atomic E-state index is -1.15. The highest BCUT2D eigenvalue weighted by Crippen LogP contribution is 2.19. The molecular formula is C19H22N2O4. The van der Waals surface area contributed by atoms with Crippen LogP contribution in [0.4, 0.5) is 11.4 Å². The Labute approximate surface area is 147 Å². The van der Waals surface area contributed by atoms with Gasteiger partial charge in [0.25, 0.3) is 0 Å². The number of aromatic carboxylic acids is 1. The summed E-state index contributed by atoms with van der Waals surface area (Å²) < 4.78 is 10.6. The summed E-state index contributed by atoms with van der Waals surface area (Å²) in [7, 11) is 1.63. The number of rotatable bonds is 6. The molecule has 1 fully saturated rings. The van der Waals surface area contributed by atoms with Gasteiger partial charge in [-0.25, -0.2) is 0 Å². The number of anilines is 1. The monoisotopic (exact) mass is 342 g/mol. The summed E-state index contributed by atoms with van der Waals surface area (Å²) >= 11 is 0. The first kappa shape index (κ1) is 17.3. The number of ether oxygens (including phenoxy) is 2. The minimum Gasteiger partial charge on any atom is -0.545 e. The predicted molar refractivity (Wildman–Crippen MR) is 92.3 cm³/mol. The van der Waals surface area contributed by atoms with Crippen molar-refractivity contribution in [1.82, 2.24) is 0 Å². The van der Waals surface area contributed by atoms with E-state index in [1.807, 2.05) is 36.4 Å². The quantitative estimate of drug-likeness (QED) is 0.785. The molecule has 0 bridgehead atoms. The lowest BCUT2D eigenvalue weighted by Gasteiger charge is -2.25. The summed E-state index contributed by atoms with van der Waals surface area (Å²) in [5.41, 5.74) is 2.79. The number of benzene rings is 2. The second-order valence-electron chi connectivity index (χ2n) is 5.97. The normalized spacial score (nSPS) is 14.9. The van der Waals surface area contributed by atoms with Crippen LogP contribution in [-0.4, -0.2) is 39.4 Å². The van der Waals surface area contributed by atoms with Crippen molar-refractivity contribution >= 4 is 17.3 Å². The van der Waals surface area contributed by atoms with Crippen molar-refractivity contribution in [3.63, 3.8) is 0 Å². The highest BCUT2D eigenvalue weighted by molar-refractivity contribution is 5.92. The van der Waals surface area contributed by atoms with Gasteiger partial charge in [-0.15, -0.1) is 0 Å². The third-order valence-corrected chi connectivity index (χ3v) is 4.35. The minimum absolute atomic E-state index is 0.229. The zero-order valence-corrected chi connectivity index (χ0v) is 14.2. The number of hydrogen-bond acceptors (Lipinski definition) is 5. The zero-order chi connectivity index (χ0) is 17.6. The SMILES string of the molecule is COc1cccc(CNc2ccc([NH+]3CCOCC3)c(C(=O)[O-])c2)c1. The molecule has 1 heterocycles. The Morgan fingerprint density at radius 2 is 2.04 bits per heavy atom. The highest BCUT2D eigenvalue weighted by atomic mass is 16.5. The van der Waals surface area contributed by atoms with Crippen LogP contribution in [-0.2, 0) is 11.3 Å². The van der Waals surface area contributed by atoms with Crippen LogP contribution in [0.2, 0.25) is 0 Å². The lowest BCUT2D eigenvalue weighted by atomic mass is 10.1. The maximum Gasteiger partial charge on any atom is 0.140 e. The van der Waals surface area contributed by atoms with Gasteiger partial charge < -0.3 is 24.7 Å². The molecule has 0 radical (unpaired) electrons. The lowest BCUT2D eigenvalue weighted by Crippen LogP contribution is -3.09. The molecule has 6 heteroatoms. The molecule has 2 N–H and O–H groups in total. The van der Waals surface area contributed by atoms with E-state index in [4.69, 9.17) is 9.47 Å². The number of carbonyl (C=O) groups excluding carboxylic acids is 1. The molecule has 132 valence electrons. The summed E-state index contributed by atoms with van der Waals surface area (Å²) in [6, 6.07) is 13.2. The molecular weight excluding hydrogens is 320 g/mol. The van der Waals surface area contributed by atoms with E-state index in [1.165, 1.54) is 0 Å². The van der Waals surface area contributed by atoms with E-state index in [1.54, 1.807) is 13.2 Å².